The van der Waals surface area contributed by atoms with Crippen molar-refractivity contribution in [2.75, 3.05) is 18.5 Å². The van der Waals surface area contributed by atoms with E-state index in [9.17, 15) is 4.79 Å². The molecule has 1 heterocycles. The van der Waals surface area contributed by atoms with Crippen LogP contribution in [0.5, 0.6) is 5.75 Å². The zero-order valence-corrected chi connectivity index (χ0v) is 12.1. The fraction of sp³-hybridized carbons (Fsp3) is 0.333. The average molecular weight is 288 g/mol. The van der Waals surface area contributed by atoms with E-state index in [4.69, 9.17) is 10.5 Å². The van der Waals surface area contributed by atoms with Gasteiger partial charge in [-0.05, 0) is 18.6 Å². The molecule has 2 rings (SSSR count). The maximum Gasteiger partial charge on any atom is 0.275 e. The molecule has 1 aromatic carbocycles. The van der Waals surface area contributed by atoms with Gasteiger partial charge in [-0.1, -0.05) is 13.0 Å². The molecule has 0 bridgehead atoms. The van der Waals surface area contributed by atoms with Crippen molar-refractivity contribution in [1.29, 1.82) is 0 Å². The second-order valence-electron chi connectivity index (χ2n) is 4.62. The third-order valence-corrected chi connectivity index (χ3v) is 2.82. The third-order valence-electron chi connectivity index (χ3n) is 2.82. The van der Waals surface area contributed by atoms with Crippen LogP contribution in [-0.4, -0.2) is 28.6 Å². The monoisotopic (exact) mass is 288 g/mol. The van der Waals surface area contributed by atoms with E-state index in [1.165, 1.54) is 0 Å². The van der Waals surface area contributed by atoms with Gasteiger partial charge in [0.15, 0.2) is 0 Å². The summed E-state index contributed by atoms with van der Waals surface area (Å²) in [7, 11) is 0. The summed E-state index contributed by atoms with van der Waals surface area (Å²) in [5.74, 6) is 0.488. The summed E-state index contributed by atoms with van der Waals surface area (Å²) in [6, 6.07) is 7.31. The highest BCUT2D eigenvalue weighted by molar-refractivity contribution is 6.02. The summed E-state index contributed by atoms with van der Waals surface area (Å²) in [4.78, 5) is 16.2. The first-order valence-electron chi connectivity index (χ1n) is 6.99. The van der Waals surface area contributed by atoms with Gasteiger partial charge >= 0.3 is 0 Å². The fourth-order valence-corrected chi connectivity index (χ4v) is 1.83. The lowest BCUT2D eigenvalue weighted by Gasteiger charge is -2.07. The van der Waals surface area contributed by atoms with E-state index in [0.717, 1.165) is 12.2 Å². The van der Waals surface area contributed by atoms with Gasteiger partial charge in [-0.3, -0.25) is 4.79 Å². The molecule has 1 aromatic heterocycles. The molecule has 3 N–H and O–H groups in total. The molecular formula is C15H20N4O2. The zero-order chi connectivity index (χ0) is 15.1. The molecule has 21 heavy (non-hydrogen) atoms. The largest absolute Gasteiger partial charge is 0.494 e. The number of aromatic nitrogens is 2. The zero-order valence-electron chi connectivity index (χ0n) is 12.1. The molecule has 0 unspecified atom stereocenters. The van der Waals surface area contributed by atoms with Crippen LogP contribution < -0.4 is 15.8 Å². The molecule has 6 heteroatoms. The molecule has 0 aliphatic heterocycles. The highest BCUT2D eigenvalue weighted by atomic mass is 16.5. The first-order valence-corrected chi connectivity index (χ1v) is 6.99. The van der Waals surface area contributed by atoms with Crippen LogP contribution in [0.4, 0.5) is 5.69 Å². The molecule has 0 aliphatic rings. The summed E-state index contributed by atoms with van der Waals surface area (Å²) in [5.41, 5.74) is 6.51. The number of nitrogens with two attached hydrogens (primary N) is 1. The van der Waals surface area contributed by atoms with Crippen LogP contribution in [0, 0.1) is 0 Å². The number of nitrogens with one attached hydrogen (secondary N) is 1. The Kier molecular flexibility index (Phi) is 5.34. The third kappa shape index (κ3) is 4.32. The minimum atomic E-state index is -0.251. The van der Waals surface area contributed by atoms with Crippen molar-refractivity contribution in [3.63, 3.8) is 0 Å². The molecule has 0 aliphatic carbocycles. The number of hydrogen-bond donors (Lipinski definition) is 2. The SMILES string of the molecule is CCCOc1cccc(NC(=O)c2cn(CCN)cn2)c1. The van der Waals surface area contributed by atoms with Crippen LogP contribution in [0.3, 0.4) is 0 Å². The van der Waals surface area contributed by atoms with E-state index in [-0.39, 0.29) is 5.91 Å². The second-order valence-corrected chi connectivity index (χ2v) is 4.62. The van der Waals surface area contributed by atoms with Crippen LogP contribution in [0.2, 0.25) is 0 Å². The summed E-state index contributed by atoms with van der Waals surface area (Å²) in [6.07, 6.45) is 4.22. The van der Waals surface area contributed by atoms with Crippen LogP contribution in [0.15, 0.2) is 36.8 Å². The first-order chi connectivity index (χ1) is 10.2. The topological polar surface area (TPSA) is 82.2 Å². The Labute approximate surface area is 123 Å². The highest BCUT2D eigenvalue weighted by Gasteiger charge is 2.10. The Hall–Kier alpha value is -2.34. The molecule has 0 radical (unpaired) electrons. The number of amides is 1. The number of nitrogens with zero attached hydrogens (tertiary/aromatic N) is 2. The Morgan fingerprint density at radius 3 is 3.10 bits per heavy atom. The number of ether oxygens (including phenoxy) is 1. The molecule has 0 atom stereocenters. The molecule has 2 aromatic rings. The van der Waals surface area contributed by atoms with Crippen molar-refractivity contribution < 1.29 is 9.53 Å². The molecule has 0 fully saturated rings. The second kappa shape index (κ2) is 7.44. The number of benzene rings is 1. The van der Waals surface area contributed by atoms with Gasteiger partial charge in [0.25, 0.3) is 5.91 Å². The Morgan fingerprint density at radius 2 is 2.33 bits per heavy atom. The summed E-state index contributed by atoms with van der Waals surface area (Å²) < 4.78 is 7.32. The van der Waals surface area contributed by atoms with Crippen LogP contribution in [0.1, 0.15) is 23.8 Å². The van der Waals surface area contributed by atoms with E-state index < -0.39 is 0 Å². The molecule has 112 valence electrons. The van der Waals surface area contributed by atoms with E-state index in [0.29, 0.717) is 31.1 Å². The number of anilines is 1. The lowest BCUT2D eigenvalue weighted by atomic mass is 10.3. The summed E-state index contributed by atoms with van der Waals surface area (Å²) in [6.45, 7) is 3.85. The predicted octanol–water partition coefficient (Wildman–Crippen LogP) is 1.88. The van der Waals surface area contributed by atoms with Gasteiger partial charge < -0.3 is 20.4 Å². The van der Waals surface area contributed by atoms with E-state index >= 15 is 0 Å². The molecular weight excluding hydrogens is 268 g/mol. The van der Waals surface area contributed by atoms with Crippen LogP contribution in [-0.2, 0) is 6.54 Å². The van der Waals surface area contributed by atoms with Gasteiger partial charge in [0.2, 0.25) is 0 Å². The van der Waals surface area contributed by atoms with Gasteiger partial charge in [-0.2, -0.15) is 0 Å². The Balaban J connectivity index is 2.01. The number of rotatable bonds is 7. The average Bonchev–Trinajstić information content (AvgIpc) is 2.95. The molecule has 0 spiro atoms. The van der Waals surface area contributed by atoms with E-state index in [2.05, 4.69) is 10.3 Å². The van der Waals surface area contributed by atoms with Gasteiger partial charge in [0.05, 0.1) is 12.9 Å². The fourth-order valence-electron chi connectivity index (χ4n) is 1.83. The van der Waals surface area contributed by atoms with Crippen molar-refractivity contribution in [2.45, 2.75) is 19.9 Å². The molecule has 1 amide bonds. The summed E-state index contributed by atoms with van der Waals surface area (Å²) >= 11 is 0. The number of carbonyl (C=O) groups is 1. The minimum Gasteiger partial charge on any atom is -0.494 e. The maximum absolute atomic E-state index is 12.1. The number of imidazole rings is 1. The van der Waals surface area contributed by atoms with Gasteiger partial charge in [-0.25, -0.2) is 4.98 Å². The Morgan fingerprint density at radius 1 is 1.48 bits per heavy atom. The van der Waals surface area contributed by atoms with E-state index in [1.54, 1.807) is 23.2 Å². The molecule has 0 saturated heterocycles. The van der Waals surface area contributed by atoms with Crippen molar-refractivity contribution in [2.24, 2.45) is 5.73 Å². The predicted molar refractivity (Wildman–Crippen MR) is 81.5 cm³/mol. The number of hydrogen-bond acceptors (Lipinski definition) is 4. The quantitative estimate of drug-likeness (QED) is 0.815. The van der Waals surface area contributed by atoms with Crippen molar-refractivity contribution in [3.8, 4) is 5.75 Å². The first kappa shape index (κ1) is 15.1. The smallest absolute Gasteiger partial charge is 0.275 e. The molecule has 0 saturated carbocycles. The van der Waals surface area contributed by atoms with Gasteiger partial charge in [0.1, 0.15) is 11.4 Å². The van der Waals surface area contributed by atoms with Crippen LogP contribution in [0.25, 0.3) is 0 Å². The molecule has 6 nitrogen and oxygen atoms in total. The highest BCUT2D eigenvalue weighted by Crippen LogP contribution is 2.18. The van der Waals surface area contributed by atoms with Gasteiger partial charge in [0, 0.05) is 31.0 Å². The lowest BCUT2D eigenvalue weighted by Crippen LogP contribution is -2.13. The Bertz CT molecular complexity index is 595. The summed E-state index contributed by atoms with van der Waals surface area (Å²) in [5, 5.41) is 2.80. The van der Waals surface area contributed by atoms with Gasteiger partial charge in [-0.15, -0.1) is 0 Å². The van der Waals surface area contributed by atoms with Crippen LogP contribution >= 0.6 is 0 Å². The lowest BCUT2D eigenvalue weighted by molar-refractivity contribution is 0.102. The normalized spacial score (nSPS) is 10.4. The van der Waals surface area contributed by atoms with Crippen molar-refractivity contribution in [3.05, 3.63) is 42.5 Å². The van der Waals surface area contributed by atoms with Crippen molar-refractivity contribution in [1.82, 2.24) is 9.55 Å². The van der Waals surface area contributed by atoms with E-state index in [1.807, 2.05) is 25.1 Å². The van der Waals surface area contributed by atoms with Crippen molar-refractivity contribution >= 4 is 11.6 Å². The standard InChI is InChI=1S/C15H20N4O2/c1-2-8-21-13-5-3-4-12(9-13)18-15(20)14-10-19(7-6-16)11-17-14/h3-5,9-11H,2,6-8,16H2,1H3,(H,18,20). The maximum atomic E-state index is 12.1. The minimum absolute atomic E-state index is 0.251. The number of carbonyl (C=O) groups excluding carboxylic acids is 1.